The molecule has 0 aliphatic carbocycles. The molecule has 2 atom stereocenters. The Morgan fingerprint density at radius 1 is 1.44 bits per heavy atom. The van der Waals surface area contributed by atoms with Gasteiger partial charge in [-0.25, -0.2) is 0 Å². The van der Waals surface area contributed by atoms with Crippen LogP contribution in [0.2, 0.25) is 5.02 Å². The molecule has 0 saturated carbocycles. The molecule has 1 aliphatic heterocycles. The maximum absolute atomic E-state index is 10.3. The first-order valence-corrected chi connectivity index (χ1v) is 6.07. The van der Waals surface area contributed by atoms with Crippen LogP contribution in [0.1, 0.15) is 38.4 Å². The fraction of sp³-hybridized carbons (Fsp3) is 0.538. The third-order valence-electron chi connectivity index (χ3n) is 3.26. The molecule has 16 heavy (non-hydrogen) atoms. The van der Waals surface area contributed by atoms with E-state index in [4.69, 9.17) is 11.6 Å². The van der Waals surface area contributed by atoms with Gasteiger partial charge in [-0.1, -0.05) is 29.8 Å². The van der Waals surface area contributed by atoms with E-state index in [1.165, 1.54) is 0 Å². The minimum absolute atomic E-state index is 0.106. The zero-order valence-corrected chi connectivity index (χ0v) is 10.5. The van der Waals surface area contributed by atoms with Gasteiger partial charge in [0.25, 0.3) is 0 Å². The maximum atomic E-state index is 10.3. The van der Waals surface area contributed by atoms with E-state index in [9.17, 15) is 5.11 Å². The van der Waals surface area contributed by atoms with Gasteiger partial charge in [-0.15, -0.1) is 0 Å². The zero-order chi connectivity index (χ0) is 11.8. The van der Waals surface area contributed by atoms with Crippen molar-refractivity contribution in [2.75, 3.05) is 0 Å². The van der Waals surface area contributed by atoms with E-state index in [1.807, 2.05) is 24.3 Å². The van der Waals surface area contributed by atoms with Crippen molar-refractivity contribution in [1.29, 1.82) is 0 Å². The van der Waals surface area contributed by atoms with Crippen LogP contribution in [-0.4, -0.2) is 16.7 Å². The number of aliphatic hydroxyl groups is 1. The van der Waals surface area contributed by atoms with Crippen molar-refractivity contribution < 1.29 is 5.11 Å². The Kier molecular flexibility index (Phi) is 3.24. The highest BCUT2D eigenvalue weighted by Crippen LogP contribution is 2.32. The molecule has 88 valence electrons. The van der Waals surface area contributed by atoms with E-state index in [-0.39, 0.29) is 11.6 Å². The largest absolute Gasteiger partial charge is 0.387 e. The van der Waals surface area contributed by atoms with Crippen molar-refractivity contribution in [1.82, 2.24) is 5.32 Å². The summed E-state index contributed by atoms with van der Waals surface area (Å²) in [6.45, 7) is 4.32. The summed E-state index contributed by atoms with van der Waals surface area (Å²) in [6.07, 6.45) is 1.55. The first kappa shape index (κ1) is 11.9. The summed E-state index contributed by atoms with van der Waals surface area (Å²) in [6, 6.07) is 7.60. The van der Waals surface area contributed by atoms with E-state index in [0.717, 1.165) is 18.4 Å². The van der Waals surface area contributed by atoms with Crippen LogP contribution < -0.4 is 5.32 Å². The van der Waals surface area contributed by atoms with Gasteiger partial charge in [-0.05, 0) is 32.8 Å². The first-order valence-electron chi connectivity index (χ1n) is 5.70. The minimum atomic E-state index is -0.518. The van der Waals surface area contributed by atoms with Gasteiger partial charge < -0.3 is 10.4 Å². The van der Waals surface area contributed by atoms with E-state index in [2.05, 4.69) is 19.2 Å². The van der Waals surface area contributed by atoms with Gasteiger partial charge in [0.15, 0.2) is 0 Å². The average molecular weight is 240 g/mol. The quantitative estimate of drug-likeness (QED) is 0.832. The van der Waals surface area contributed by atoms with E-state index in [1.54, 1.807) is 0 Å². The molecule has 1 aromatic carbocycles. The molecule has 3 heteroatoms. The lowest BCUT2D eigenvalue weighted by atomic mass is 10.00. The number of hydrogen-bond acceptors (Lipinski definition) is 2. The third kappa shape index (κ3) is 2.40. The van der Waals surface area contributed by atoms with Crippen molar-refractivity contribution in [2.45, 2.75) is 44.4 Å². The molecule has 0 spiro atoms. The molecule has 2 nitrogen and oxygen atoms in total. The van der Waals surface area contributed by atoms with Crippen molar-refractivity contribution in [3.05, 3.63) is 34.9 Å². The summed E-state index contributed by atoms with van der Waals surface area (Å²) < 4.78 is 0. The Hall–Kier alpha value is -0.570. The van der Waals surface area contributed by atoms with Crippen molar-refractivity contribution in [3.63, 3.8) is 0 Å². The molecule has 2 rings (SSSR count). The van der Waals surface area contributed by atoms with Gasteiger partial charge in [-0.2, -0.15) is 0 Å². The molecule has 0 amide bonds. The van der Waals surface area contributed by atoms with Gasteiger partial charge in [-0.3, -0.25) is 0 Å². The molecule has 0 radical (unpaired) electrons. The Bertz CT molecular complexity index is 378. The van der Waals surface area contributed by atoms with Crippen LogP contribution in [-0.2, 0) is 0 Å². The highest BCUT2D eigenvalue weighted by molar-refractivity contribution is 6.31. The summed E-state index contributed by atoms with van der Waals surface area (Å²) in [5, 5.41) is 14.4. The summed E-state index contributed by atoms with van der Waals surface area (Å²) in [5.74, 6) is 0. The van der Waals surface area contributed by atoms with Crippen LogP contribution in [0.15, 0.2) is 24.3 Å². The molecule has 1 heterocycles. The van der Waals surface area contributed by atoms with Crippen LogP contribution in [0.25, 0.3) is 0 Å². The third-order valence-corrected chi connectivity index (χ3v) is 3.61. The minimum Gasteiger partial charge on any atom is -0.387 e. The van der Waals surface area contributed by atoms with Crippen molar-refractivity contribution >= 4 is 11.6 Å². The fourth-order valence-electron chi connectivity index (χ4n) is 2.33. The SMILES string of the molecule is CC1(C)CC[C@H]([C@@H](O)c2ccccc2Cl)N1. The standard InChI is InChI=1S/C13H18ClNO/c1-13(2)8-7-11(15-13)12(16)9-5-3-4-6-10(9)14/h3-6,11-12,15-16H,7-8H2,1-2H3/t11-,12+/m1/s1. The van der Waals surface area contributed by atoms with E-state index in [0.29, 0.717) is 5.02 Å². The van der Waals surface area contributed by atoms with Gasteiger partial charge >= 0.3 is 0 Å². The van der Waals surface area contributed by atoms with Gasteiger partial charge in [0.05, 0.1) is 6.10 Å². The Morgan fingerprint density at radius 3 is 2.69 bits per heavy atom. The number of benzene rings is 1. The maximum Gasteiger partial charge on any atom is 0.0957 e. The van der Waals surface area contributed by atoms with Gasteiger partial charge in [0.2, 0.25) is 0 Å². The van der Waals surface area contributed by atoms with Crippen LogP contribution in [0, 0.1) is 0 Å². The summed E-state index contributed by atoms with van der Waals surface area (Å²) >= 11 is 6.08. The van der Waals surface area contributed by atoms with Crippen LogP contribution in [0.4, 0.5) is 0 Å². The highest BCUT2D eigenvalue weighted by Gasteiger charge is 2.34. The molecule has 0 bridgehead atoms. The smallest absolute Gasteiger partial charge is 0.0957 e. The molecule has 2 N–H and O–H groups in total. The molecule has 1 fully saturated rings. The zero-order valence-electron chi connectivity index (χ0n) is 9.70. The Labute approximate surface area is 102 Å². The lowest BCUT2D eigenvalue weighted by Gasteiger charge is -2.24. The number of hydrogen-bond donors (Lipinski definition) is 2. The van der Waals surface area contributed by atoms with Crippen molar-refractivity contribution in [2.24, 2.45) is 0 Å². The molecular formula is C13H18ClNO. The normalized spacial score (nSPS) is 25.6. The lowest BCUT2D eigenvalue weighted by molar-refractivity contribution is 0.132. The number of rotatable bonds is 2. The number of aliphatic hydroxyl groups excluding tert-OH is 1. The topological polar surface area (TPSA) is 32.3 Å². The molecule has 1 aliphatic rings. The second kappa shape index (κ2) is 4.36. The monoisotopic (exact) mass is 239 g/mol. The highest BCUT2D eigenvalue weighted by atomic mass is 35.5. The van der Waals surface area contributed by atoms with Crippen molar-refractivity contribution in [3.8, 4) is 0 Å². The average Bonchev–Trinajstić information content (AvgIpc) is 2.59. The van der Waals surface area contributed by atoms with Gasteiger partial charge in [0, 0.05) is 22.2 Å². The molecule has 0 aromatic heterocycles. The molecule has 1 aromatic rings. The summed E-state index contributed by atoms with van der Waals surface area (Å²) in [4.78, 5) is 0. The number of nitrogens with one attached hydrogen (secondary N) is 1. The number of halogens is 1. The predicted octanol–water partition coefficient (Wildman–Crippen LogP) is 2.90. The van der Waals surface area contributed by atoms with Crippen LogP contribution in [0.5, 0.6) is 0 Å². The van der Waals surface area contributed by atoms with E-state index >= 15 is 0 Å². The van der Waals surface area contributed by atoms with Gasteiger partial charge in [0.1, 0.15) is 0 Å². The first-order chi connectivity index (χ1) is 7.49. The summed E-state index contributed by atoms with van der Waals surface area (Å²) in [7, 11) is 0. The van der Waals surface area contributed by atoms with Crippen LogP contribution in [0.3, 0.4) is 0 Å². The molecule has 1 saturated heterocycles. The van der Waals surface area contributed by atoms with E-state index < -0.39 is 6.10 Å². The summed E-state index contributed by atoms with van der Waals surface area (Å²) in [5.41, 5.74) is 0.937. The predicted molar refractivity (Wildman–Crippen MR) is 66.6 cm³/mol. The molecular weight excluding hydrogens is 222 g/mol. The lowest BCUT2D eigenvalue weighted by Crippen LogP contribution is -2.40. The fourth-order valence-corrected chi connectivity index (χ4v) is 2.58. The Morgan fingerprint density at radius 2 is 2.12 bits per heavy atom. The second-order valence-corrected chi connectivity index (χ2v) is 5.55. The van der Waals surface area contributed by atoms with Crippen LogP contribution >= 0.6 is 11.6 Å². The second-order valence-electron chi connectivity index (χ2n) is 5.14. The molecule has 0 unspecified atom stereocenters. The Balaban J connectivity index is 2.15.